The summed E-state index contributed by atoms with van der Waals surface area (Å²) in [5, 5.41) is 7.13. The van der Waals surface area contributed by atoms with Gasteiger partial charge < -0.3 is 19.3 Å². The third-order valence-electron chi connectivity index (χ3n) is 4.47. The van der Waals surface area contributed by atoms with E-state index in [2.05, 4.69) is 29.3 Å². The molecule has 1 amide bonds. The summed E-state index contributed by atoms with van der Waals surface area (Å²) in [5.74, 6) is 2.51. The molecule has 0 aliphatic heterocycles. The molecule has 7 heteroatoms. The molecule has 7 nitrogen and oxygen atoms in total. The molecule has 2 aromatic rings. The van der Waals surface area contributed by atoms with Crippen molar-refractivity contribution >= 4 is 5.91 Å². The van der Waals surface area contributed by atoms with E-state index in [1.54, 1.807) is 26.4 Å². The van der Waals surface area contributed by atoms with Crippen molar-refractivity contribution in [1.82, 2.24) is 15.5 Å². The van der Waals surface area contributed by atoms with Gasteiger partial charge in [0.15, 0.2) is 11.5 Å². The Kier molecular flexibility index (Phi) is 7.21. The van der Waals surface area contributed by atoms with Gasteiger partial charge in [-0.2, -0.15) is 4.98 Å². The van der Waals surface area contributed by atoms with E-state index >= 15 is 0 Å². The lowest BCUT2D eigenvalue weighted by Gasteiger charge is -2.21. The molecular formula is C20H29N3O4. The quantitative estimate of drug-likeness (QED) is 0.713. The lowest BCUT2D eigenvalue weighted by Crippen LogP contribution is -2.33. The first-order chi connectivity index (χ1) is 12.9. The molecule has 0 aliphatic rings. The number of nitrogens with one attached hydrogen (secondary N) is 1. The number of carbonyl (C=O) groups is 1. The summed E-state index contributed by atoms with van der Waals surface area (Å²) in [6.07, 6.45) is 1.34. The van der Waals surface area contributed by atoms with Gasteiger partial charge in [-0.3, -0.25) is 4.79 Å². The van der Waals surface area contributed by atoms with Gasteiger partial charge in [-0.05, 0) is 30.0 Å². The maximum Gasteiger partial charge on any atom is 0.249 e. The molecule has 1 aromatic heterocycles. The molecule has 2 unspecified atom stereocenters. The van der Waals surface area contributed by atoms with Crippen LogP contribution in [0.3, 0.4) is 0 Å². The minimum absolute atomic E-state index is 0.0128. The molecule has 1 heterocycles. The van der Waals surface area contributed by atoms with Gasteiger partial charge in [0.25, 0.3) is 0 Å². The zero-order valence-electron chi connectivity index (χ0n) is 16.9. The van der Waals surface area contributed by atoms with Crippen molar-refractivity contribution in [2.75, 3.05) is 14.2 Å². The van der Waals surface area contributed by atoms with E-state index in [1.807, 2.05) is 19.9 Å². The number of ether oxygens (including phenoxy) is 2. The van der Waals surface area contributed by atoms with Crippen molar-refractivity contribution < 1.29 is 18.8 Å². The minimum Gasteiger partial charge on any atom is -0.493 e. The maximum atomic E-state index is 12.3. The third-order valence-corrected chi connectivity index (χ3v) is 4.47. The highest BCUT2D eigenvalue weighted by atomic mass is 16.5. The fraction of sp³-hybridized carbons (Fsp3) is 0.550. The molecule has 2 atom stereocenters. The van der Waals surface area contributed by atoms with E-state index in [0.29, 0.717) is 29.6 Å². The second-order valence-electron chi connectivity index (χ2n) is 7.05. The van der Waals surface area contributed by atoms with Crippen molar-refractivity contribution in [3.8, 4) is 22.9 Å². The fourth-order valence-electron chi connectivity index (χ4n) is 2.74. The van der Waals surface area contributed by atoms with E-state index in [9.17, 15) is 4.79 Å². The van der Waals surface area contributed by atoms with Crippen LogP contribution in [0.2, 0.25) is 0 Å². The molecule has 27 heavy (non-hydrogen) atoms. The molecule has 2 rings (SSSR count). The van der Waals surface area contributed by atoms with Crippen LogP contribution in [0.4, 0.5) is 0 Å². The van der Waals surface area contributed by atoms with Crippen molar-refractivity contribution in [2.24, 2.45) is 11.8 Å². The number of methoxy groups -OCH3 is 2. The van der Waals surface area contributed by atoms with Crippen LogP contribution in [-0.2, 0) is 4.79 Å². The fourth-order valence-corrected chi connectivity index (χ4v) is 2.74. The van der Waals surface area contributed by atoms with Crippen molar-refractivity contribution in [3.05, 3.63) is 24.1 Å². The van der Waals surface area contributed by atoms with Gasteiger partial charge >= 0.3 is 0 Å². The molecule has 0 bridgehead atoms. The van der Waals surface area contributed by atoms with E-state index in [0.717, 1.165) is 12.0 Å². The molecule has 0 fully saturated rings. The van der Waals surface area contributed by atoms with Gasteiger partial charge in [0.05, 0.1) is 14.2 Å². The van der Waals surface area contributed by atoms with E-state index in [-0.39, 0.29) is 23.8 Å². The average Bonchev–Trinajstić information content (AvgIpc) is 3.14. The Morgan fingerprint density at radius 1 is 1.19 bits per heavy atom. The molecule has 0 spiro atoms. The van der Waals surface area contributed by atoms with Gasteiger partial charge in [0.2, 0.25) is 17.6 Å². The Balaban J connectivity index is 2.28. The Morgan fingerprint density at radius 3 is 2.48 bits per heavy atom. The van der Waals surface area contributed by atoms with Crippen LogP contribution >= 0.6 is 0 Å². The maximum absolute atomic E-state index is 12.3. The lowest BCUT2D eigenvalue weighted by atomic mass is 9.98. The second-order valence-corrected chi connectivity index (χ2v) is 7.05. The molecule has 0 saturated heterocycles. The summed E-state index contributed by atoms with van der Waals surface area (Å²) >= 11 is 0. The second kappa shape index (κ2) is 9.39. The monoisotopic (exact) mass is 375 g/mol. The SMILES string of the molecule is CCC(C)C(NC(=O)CC(C)C)c1nc(-c2ccc(OC)c(OC)c2)no1. The topological polar surface area (TPSA) is 86.5 Å². The predicted molar refractivity (Wildman–Crippen MR) is 103 cm³/mol. The predicted octanol–water partition coefficient (Wildman–Crippen LogP) is 4.00. The molecule has 0 radical (unpaired) electrons. The zero-order valence-corrected chi connectivity index (χ0v) is 16.9. The lowest BCUT2D eigenvalue weighted by molar-refractivity contribution is -0.123. The smallest absolute Gasteiger partial charge is 0.249 e. The summed E-state index contributed by atoms with van der Waals surface area (Å²) in [7, 11) is 3.16. The molecule has 0 saturated carbocycles. The highest BCUT2D eigenvalue weighted by Crippen LogP contribution is 2.32. The van der Waals surface area contributed by atoms with E-state index in [4.69, 9.17) is 14.0 Å². The number of hydrogen-bond acceptors (Lipinski definition) is 6. The first-order valence-corrected chi connectivity index (χ1v) is 9.24. The van der Waals surface area contributed by atoms with Gasteiger partial charge in [-0.1, -0.05) is 39.3 Å². The molecule has 0 aliphatic carbocycles. The number of rotatable bonds is 9. The van der Waals surface area contributed by atoms with Crippen LogP contribution in [0.1, 0.15) is 52.5 Å². The molecule has 148 valence electrons. The third kappa shape index (κ3) is 5.21. The molecular weight excluding hydrogens is 346 g/mol. The minimum atomic E-state index is -0.317. The molecule has 1 N–H and O–H groups in total. The highest BCUT2D eigenvalue weighted by molar-refractivity contribution is 5.76. The first kappa shape index (κ1) is 20.7. The largest absolute Gasteiger partial charge is 0.493 e. The van der Waals surface area contributed by atoms with Gasteiger partial charge in [0.1, 0.15) is 6.04 Å². The Hall–Kier alpha value is -2.57. The molecule has 1 aromatic carbocycles. The Bertz CT molecular complexity index is 757. The summed E-state index contributed by atoms with van der Waals surface area (Å²) in [6, 6.07) is 5.11. The van der Waals surface area contributed by atoms with Crippen LogP contribution < -0.4 is 14.8 Å². The van der Waals surface area contributed by atoms with E-state index in [1.165, 1.54) is 0 Å². The number of carbonyl (C=O) groups excluding carboxylic acids is 1. The number of benzene rings is 1. The average molecular weight is 375 g/mol. The Labute approximate surface area is 160 Å². The summed E-state index contributed by atoms with van der Waals surface area (Å²) in [6.45, 7) is 8.15. The van der Waals surface area contributed by atoms with Crippen molar-refractivity contribution in [3.63, 3.8) is 0 Å². The van der Waals surface area contributed by atoms with Crippen LogP contribution in [0.25, 0.3) is 11.4 Å². The van der Waals surface area contributed by atoms with E-state index < -0.39 is 0 Å². The highest BCUT2D eigenvalue weighted by Gasteiger charge is 2.26. The number of hydrogen-bond donors (Lipinski definition) is 1. The standard InChI is InChI=1S/C20H29N3O4/c1-7-13(4)18(21-17(24)10-12(2)3)20-22-19(23-27-20)14-8-9-15(25-5)16(11-14)26-6/h8-9,11-13,18H,7,10H2,1-6H3,(H,21,24). The van der Waals surface area contributed by atoms with Crippen LogP contribution in [0.5, 0.6) is 11.5 Å². The first-order valence-electron chi connectivity index (χ1n) is 9.24. The Morgan fingerprint density at radius 2 is 1.89 bits per heavy atom. The number of aromatic nitrogens is 2. The van der Waals surface area contributed by atoms with Gasteiger partial charge in [-0.15, -0.1) is 0 Å². The van der Waals surface area contributed by atoms with Crippen molar-refractivity contribution in [1.29, 1.82) is 0 Å². The van der Waals surface area contributed by atoms with Crippen LogP contribution in [-0.4, -0.2) is 30.3 Å². The summed E-state index contributed by atoms with van der Waals surface area (Å²) < 4.78 is 16.1. The van der Waals surface area contributed by atoms with Crippen molar-refractivity contribution in [2.45, 2.75) is 46.6 Å². The van der Waals surface area contributed by atoms with Gasteiger partial charge in [0, 0.05) is 12.0 Å². The van der Waals surface area contributed by atoms with Crippen LogP contribution in [0, 0.1) is 11.8 Å². The summed E-state index contributed by atoms with van der Waals surface area (Å²) in [5.41, 5.74) is 0.749. The summed E-state index contributed by atoms with van der Waals surface area (Å²) in [4.78, 5) is 16.8. The normalized spacial score (nSPS) is 13.3. The van der Waals surface area contributed by atoms with Gasteiger partial charge in [-0.25, -0.2) is 0 Å². The zero-order chi connectivity index (χ0) is 20.0. The number of nitrogens with zero attached hydrogens (tertiary/aromatic N) is 2. The number of amides is 1. The van der Waals surface area contributed by atoms with Crippen LogP contribution in [0.15, 0.2) is 22.7 Å².